The third-order valence-electron chi connectivity index (χ3n) is 6.35. The molecule has 0 aliphatic carbocycles. The molecule has 3 aromatic rings. The fourth-order valence-electron chi connectivity index (χ4n) is 4.25. The zero-order valence-electron chi connectivity index (χ0n) is 20.9. The van der Waals surface area contributed by atoms with Gasteiger partial charge < -0.3 is 15.0 Å². The average molecular weight is 562 g/mol. The van der Waals surface area contributed by atoms with Crippen LogP contribution in [0.15, 0.2) is 77.7 Å². The highest BCUT2D eigenvalue weighted by molar-refractivity contribution is 7.89. The summed E-state index contributed by atoms with van der Waals surface area (Å²) in [6.45, 7) is 0.682. The van der Waals surface area contributed by atoms with Gasteiger partial charge in [-0.05, 0) is 54.1 Å². The van der Waals surface area contributed by atoms with Gasteiger partial charge in [0.05, 0.1) is 24.0 Å². The van der Waals surface area contributed by atoms with Crippen molar-refractivity contribution in [2.45, 2.75) is 17.5 Å². The number of amides is 1. The van der Waals surface area contributed by atoms with E-state index in [9.17, 15) is 31.2 Å². The Kier molecular flexibility index (Phi) is 8.26. The Labute approximate surface area is 224 Å². The third-order valence-corrected chi connectivity index (χ3v) is 8.26. The van der Waals surface area contributed by atoms with E-state index in [0.717, 1.165) is 12.1 Å². The van der Waals surface area contributed by atoms with Gasteiger partial charge >= 0.3 is 12.1 Å². The molecule has 1 saturated heterocycles. The second-order valence-corrected chi connectivity index (χ2v) is 10.8. The molecule has 0 radical (unpaired) electrons. The molecule has 0 atom stereocenters. The molecule has 206 valence electrons. The Morgan fingerprint density at radius 2 is 1.59 bits per heavy atom. The van der Waals surface area contributed by atoms with Crippen LogP contribution in [0.3, 0.4) is 0 Å². The number of alkyl halides is 3. The molecule has 1 fully saturated rings. The zero-order valence-corrected chi connectivity index (χ0v) is 21.8. The lowest BCUT2D eigenvalue weighted by molar-refractivity contribution is -0.140. The third kappa shape index (κ3) is 6.58. The molecule has 39 heavy (non-hydrogen) atoms. The maximum absolute atomic E-state index is 13.2. The van der Waals surface area contributed by atoms with E-state index in [-0.39, 0.29) is 37.5 Å². The van der Waals surface area contributed by atoms with Gasteiger partial charge in [-0.2, -0.15) is 17.5 Å². The second-order valence-electron chi connectivity index (χ2n) is 8.83. The van der Waals surface area contributed by atoms with Gasteiger partial charge in [0.15, 0.2) is 0 Å². The molecule has 0 unspecified atom stereocenters. The van der Waals surface area contributed by atoms with Crippen molar-refractivity contribution in [2.24, 2.45) is 0 Å². The van der Waals surface area contributed by atoms with E-state index in [1.54, 1.807) is 35.2 Å². The van der Waals surface area contributed by atoms with Crippen molar-refractivity contribution in [1.82, 2.24) is 4.31 Å². The monoisotopic (exact) mass is 561 g/mol. The van der Waals surface area contributed by atoms with Crippen LogP contribution >= 0.6 is 0 Å². The van der Waals surface area contributed by atoms with Crippen molar-refractivity contribution in [3.05, 3.63) is 89.5 Å². The molecule has 3 aromatic carbocycles. The summed E-state index contributed by atoms with van der Waals surface area (Å²) in [5.41, 5.74) is 0.772. The van der Waals surface area contributed by atoms with Crippen LogP contribution in [0.5, 0.6) is 0 Å². The maximum Gasteiger partial charge on any atom is 0.416 e. The predicted octanol–water partition coefficient (Wildman–Crippen LogP) is 4.18. The van der Waals surface area contributed by atoms with Crippen molar-refractivity contribution >= 4 is 33.3 Å². The van der Waals surface area contributed by atoms with Crippen molar-refractivity contribution in [1.29, 1.82) is 0 Å². The molecule has 0 spiro atoms. The van der Waals surface area contributed by atoms with Crippen LogP contribution < -0.4 is 10.2 Å². The molecule has 0 aromatic heterocycles. The number of methoxy groups -OCH3 is 1. The van der Waals surface area contributed by atoms with Crippen molar-refractivity contribution in [3.8, 4) is 0 Å². The highest BCUT2D eigenvalue weighted by atomic mass is 32.2. The number of piperazine rings is 1. The van der Waals surface area contributed by atoms with E-state index in [0.29, 0.717) is 22.5 Å². The summed E-state index contributed by atoms with van der Waals surface area (Å²) in [5, 5.41) is 2.70. The Morgan fingerprint density at radius 1 is 0.923 bits per heavy atom. The predicted molar refractivity (Wildman–Crippen MR) is 139 cm³/mol. The second kappa shape index (κ2) is 11.5. The molecule has 0 bridgehead atoms. The Bertz CT molecular complexity index is 1450. The topological polar surface area (TPSA) is 96.0 Å². The van der Waals surface area contributed by atoms with Gasteiger partial charge in [-0.1, -0.05) is 24.3 Å². The summed E-state index contributed by atoms with van der Waals surface area (Å²) in [6, 6.07) is 17.2. The van der Waals surface area contributed by atoms with Gasteiger partial charge in [-0.15, -0.1) is 0 Å². The smallest absolute Gasteiger partial charge is 0.416 e. The first-order valence-corrected chi connectivity index (χ1v) is 13.4. The summed E-state index contributed by atoms with van der Waals surface area (Å²) in [7, 11) is -2.60. The number of carbonyl (C=O) groups excluding carboxylic acids is 2. The van der Waals surface area contributed by atoms with Crippen LogP contribution in [0.2, 0.25) is 0 Å². The standard InChI is InChI=1S/C27H26F3N3O5S/c1-38-25(34)17-19-5-2-3-8-24(19)26(35)31-21-9-11-23(12-10-21)39(36,37)33-15-13-32(14-16-33)22-7-4-6-20(18-22)27(28,29)30/h2-12,18H,13-17H2,1H3,(H,31,35). The molecule has 1 N–H and O–H groups in total. The van der Waals surface area contributed by atoms with E-state index in [2.05, 4.69) is 10.1 Å². The fraction of sp³-hybridized carbons (Fsp3) is 0.259. The summed E-state index contributed by atoms with van der Waals surface area (Å²) in [4.78, 5) is 26.2. The number of rotatable bonds is 7. The van der Waals surface area contributed by atoms with E-state index >= 15 is 0 Å². The lowest BCUT2D eigenvalue weighted by Crippen LogP contribution is -2.48. The Balaban J connectivity index is 1.40. The lowest BCUT2D eigenvalue weighted by atomic mass is 10.0. The fourth-order valence-corrected chi connectivity index (χ4v) is 5.67. The van der Waals surface area contributed by atoms with Crippen molar-refractivity contribution in [2.75, 3.05) is 43.5 Å². The number of nitrogens with one attached hydrogen (secondary N) is 1. The van der Waals surface area contributed by atoms with E-state index < -0.39 is 33.6 Å². The van der Waals surface area contributed by atoms with Crippen LogP contribution in [0.25, 0.3) is 0 Å². The largest absolute Gasteiger partial charge is 0.469 e. The lowest BCUT2D eigenvalue weighted by Gasteiger charge is -2.35. The van der Waals surface area contributed by atoms with Crippen molar-refractivity contribution in [3.63, 3.8) is 0 Å². The molecule has 0 saturated carbocycles. The molecular formula is C27H26F3N3O5S. The highest BCUT2D eigenvalue weighted by Gasteiger charge is 2.32. The highest BCUT2D eigenvalue weighted by Crippen LogP contribution is 2.32. The number of hydrogen-bond acceptors (Lipinski definition) is 6. The number of hydrogen-bond donors (Lipinski definition) is 1. The normalized spacial score (nSPS) is 14.6. The summed E-state index contributed by atoms with van der Waals surface area (Å²) in [5.74, 6) is -0.948. The van der Waals surface area contributed by atoms with E-state index in [1.807, 2.05) is 0 Å². The molecule has 1 heterocycles. The van der Waals surface area contributed by atoms with Gasteiger partial charge in [0.25, 0.3) is 5.91 Å². The van der Waals surface area contributed by atoms with Gasteiger partial charge in [0, 0.05) is 43.1 Å². The minimum absolute atomic E-state index is 0.0270. The molecular weight excluding hydrogens is 535 g/mol. The van der Waals surface area contributed by atoms with E-state index in [4.69, 9.17) is 0 Å². The van der Waals surface area contributed by atoms with Crippen molar-refractivity contribution < 1.29 is 35.9 Å². The summed E-state index contributed by atoms with van der Waals surface area (Å²) < 4.78 is 71.5. The van der Waals surface area contributed by atoms with Gasteiger partial charge in [-0.25, -0.2) is 8.42 Å². The number of carbonyl (C=O) groups is 2. The number of anilines is 2. The maximum atomic E-state index is 13.2. The number of sulfonamides is 1. The first-order valence-electron chi connectivity index (χ1n) is 12.0. The average Bonchev–Trinajstić information content (AvgIpc) is 2.93. The van der Waals surface area contributed by atoms with Gasteiger partial charge in [0.2, 0.25) is 10.0 Å². The Hall–Kier alpha value is -3.90. The van der Waals surface area contributed by atoms with Crippen LogP contribution in [-0.2, 0) is 32.2 Å². The number of nitrogens with zero attached hydrogens (tertiary/aromatic N) is 2. The SMILES string of the molecule is COC(=O)Cc1ccccc1C(=O)Nc1ccc(S(=O)(=O)N2CCN(c3cccc(C(F)(F)F)c3)CC2)cc1. The molecule has 1 aliphatic rings. The summed E-state index contributed by atoms with van der Waals surface area (Å²) >= 11 is 0. The Morgan fingerprint density at radius 3 is 2.23 bits per heavy atom. The van der Waals surface area contributed by atoms with Crippen LogP contribution in [0, 0.1) is 0 Å². The molecule has 1 amide bonds. The van der Waals surface area contributed by atoms with Gasteiger partial charge in [0.1, 0.15) is 0 Å². The number of halogens is 3. The van der Waals surface area contributed by atoms with Gasteiger partial charge in [-0.3, -0.25) is 9.59 Å². The first kappa shape index (κ1) is 28.1. The zero-order chi connectivity index (χ0) is 28.2. The van der Waals surface area contributed by atoms with E-state index in [1.165, 1.54) is 41.7 Å². The molecule has 4 rings (SSSR count). The minimum atomic E-state index is -4.46. The van der Waals surface area contributed by atoms with Crippen LogP contribution in [0.1, 0.15) is 21.5 Å². The quantitative estimate of drug-likeness (QED) is 0.435. The molecule has 8 nitrogen and oxygen atoms in total. The first-order chi connectivity index (χ1) is 18.5. The molecule has 12 heteroatoms. The molecule has 1 aliphatic heterocycles. The minimum Gasteiger partial charge on any atom is -0.469 e. The number of benzene rings is 3. The van der Waals surface area contributed by atoms with Crippen LogP contribution in [0.4, 0.5) is 24.5 Å². The number of ether oxygens (including phenoxy) is 1. The summed E-state index contributed by atoms with van der Waals surface area (Å²) in [6.07, 6.45) is -4.53. The number of esters is 1. The van der Waals surface area contributed by atoms with Crippen LogP contribution in [-0.4, -0.2) is 57.9 Å².